The maximum absolute atomic E-state index is 11.5. The Kier molecular flexibility index (Phi) is 3.69. The number of hydrogen-bond donors (Lipinski definition) is 1. The van der Waals surface area contributed by atoms with Crippen LogP contribution in [0.25, 0.3) is 11.0 Å². The van der Waals surface area contributed by atoms with E-state index in [0.717, 1.165) is 10.9 Å². The molecule has 1 amide bonds. The van der Waals surface area contributed by atoms with Gasteiger partial charge in [0.15, 0.2) is 0 Å². The first-order chi connectivity index (χ1) is 8.97. The van der Waals surface area contributed by atoms with Gasteiger partial charge in [-0.3, -0.25) is 4.79 Å². The van der Waals surface area contributed by atoms with E-state index in [0.29, 0.717) is 18.0 Å². The monoisotopic (exact) mass is 259 g/mol. The Balaban J connectivity index is 2.55. The summed E-state index contributed by atoms with van der Waals surface area (Å²) < 4.78 is 5.18. The first kappa shape index (κ1) is 13.3. The lowest BCUT2D eigenvalue weighted by molar-refractivity contribution is -0.119. The summed E-state index contributed by atoms with van der Waals surface area (Å²) in [5.74, 6) is 0.270. The van der Waals surface area contributed by atoms with Crippen LogP contribution in [-0.4, -0.2) is 5.91 Å². The topological polar surface area (TPSA) is 59.3 Å². The quantitative estimate of drug-likeness (QED) is 0.862. The lowest BCUT2D eigenvalue weighted by Gasteiger charge is -2.09. The molecular weight excluding hydrogens is 242 g/mol. The number of benzene rings is 1. The van der Waals surface area contributed by atoms with Crippen molar-refractivity contribution in [1.82, 2.24) is 5.32 Å². The van der Waals surface area contributed by atoms with Crippen molar-refractivity contribution in [3.8, 4) is 0 Å². The number of amides is 1. The van der Waals surface area contributed by atoms with Gasteiger partial charge < -0.3 is 9.73 Å². The van der Waals surface area contributed by atoms with Crippen molar-refractivity contribution in [3.63, 3.8) is 0 Å². The van der Waals surface area contributed by atoms with Gasteiger partial charge in [0.2, 0.25) is 5.91 Å². The lowest BCUT2D eigenvalue weighted by atomic mass is 9.99. The van der Waals surface area contributed by atoms with Crippen molar-refractivity contribution in [2.75, 3.05) is 0 Å². The summed E-state index contributed by atoms with van der Waals surface area (Å²) in [4.78, 5) is 22.5. The molecule has 0 spiro atoms. The van der Waals surface area contributed by atoms with E-state index in [2.05, 4.69) is 19.2 Å². The third kappa shape index (κ3) is 3.02. The van der Waals surface area contributed by atoms with E-state index >= 15 is 0 Å². The van der Waals surface area contributed by atoms with Crippen molar-refractivity contribution in [2.45, 2.75) is 33.2 Å². The number of nitrogens with one attached hydrogen (secondary N) is 1. The molecule has 0 saturated carbocycles. The van der Waals surface area contributed by atoms with Crippen LogP contribution in [0.3, 0.4) is 0 Å². The zero-order chi connectivity index (χ0) is 14.0. The molecule has 0 aliphatic heterocycles. The molecule has 0 fully saturated rings. The second kappa shape index (κ2) is 5.26. The first-order valence-corrected chi connectivity index (χ1v) is 6.28. The standard InChI is InChI=1S/C15H17NO3/c1-9(2)11-4-5-14-13(6-11)12(7-15(18)19-14)8-16-10(3)17/h4-7,9H,8H2,1-3H3,(H,16,17). The molecule has 4 nitrogen and oxygen atoms in total. The van der Waals surface area contributed by atoms with Gasteiger partial charge in [0.05, 0.1) is 0 Å². The smallest absolute Gasteiger partial charge is 0.336 e. The SMILES string of the molecule is CC(=O)NCc1cc(=O)oc2ccc(C(C)C)cc12. The molecule has 4 heteroatoms. The van der Waals surface area contributed by atoms with Gasteiger partial charge >= 0.3 is 5.63 Å². The summed E-state index contributed by atoms with van der Waals surface area (Å²) in [7, 11) is 0. The molecule has 0 bridgehead atoms. The van der Waals surface area contributed by atoms with Crippen molar-refractivity contribution < 1.29 is 9.21 Å². The van der Waals surface area contributed by atoms with Crippen molar-refractivity contribution in [1.29, 1.82) is 0 Å². The minimum Gasteiger partial charge on any atom is -0.423 e. The summed E-state index contributed by atoms with van der Waals surface area (Å²) in [5.41, 5.74) is 2.11. The fourth-order valence-electron chi connectivity index (χ4n) is 1.97. The molecule has 1 aromatic heterocycles. The first-order valence-electron chi connectivity index (χ1n) is 6.28. The van der Waals surface area contributed by atoms with Crippen LogP contribution in [0.1, 0.15) is 37.8 Å². The van der Waals surface area contributed by atoms with Gasteiger partial charge in [0.25, 0.3) is 0 Å². The molecule has 0 aliphatic carbocycles. The summed E-state index contributed by atoms with van der Waals surface area (Å²) in [6.45, 7) is 5.99. The molecule has 2 rings (SSSR count). The predicted molar refractivity (Wildman–Crippen MR) is 74.1 cm³/mol. The summed E-state index contributed by atoms with van der Waals surface area (Å²) in [5, 5.41) is 3.58. The van der Waals surface area contributed by atoms with Crippen LogP contribution >= 0.6 is 0 Å². The Labute approximate surface area is 111 Å². The highest BCUT2D eigenvalue weighted by Crippen LogP contribution is 2.23. The third-order valence-corrected chi connectivity index (χ3v) is 3.05. The molecule has 19 heavy (non-hydrogen) atoms. The van der Waals surface area contributed by atoms with E-state index in [1.165, 1.54) is 18.6 Å². The van der Waals surface area contributed by atoms with Crippen LogP contribution in [0.5, 0.6) is 0 Å². The third-order valence-electron chi connectivity index (χ3n) is 3.05. The van der Waals surface area contributed by atoms with Gasteiger partial charge in [-0.25, -0.2) is 4.79 Å². The molecule has 1 heterocycles. The Bertz CT molecular complexity index is 671. The highest BCUT2D eigenvalue weighted by atomic mass is 16.4. The second-order valence-electron chi connectivity index (χ2n) is 4.91. The van der Waals surface area contributed by atoms with E-state index in [4.69, 9.17) is 4.42 Å². The average molecular weight is 259 g/mol. The summed E-state index contributed by atoms with van der Waals surface area (Å²) >= 11 is 0. The van der Waals surface area contributed by atoms with E-state index in [-0.39, 0.29) is 5.91 Å². The molecule has 2 aromatic rings. The van der Waals surface area contributed by atoms with Crippen molar-refractivity contribution in [2.24, 2.45) is 0 Å². The van der Waals surface area contributed by atoms with Gasteiger partial charge in [0, 0.05) is 24.9 Å². The number of rotatable bonds is 3. The highest BCUT2D eigenvalue weighted by Gasteiger charge is 2.08. The molecule has 0 aliphatic rings. The van der Waals surface area contributed by atoms with E-state index in [1.807, 2.05) is 18.2 Å². The second-order valence-corrected chi connectivity index (χ2v) is 4.91. The Morgan fingerprint density at radius 2 is 2.05 bits per heavy atom. The van der Waals surface area contributed by atoms with E-state index in [1.54, 1.807) is 0 Å². The van der Waals surface area contributed by atoms with Gasteiger partial charge in [-0.1, -0.05) is 19.9 Å². The van der Waals surface area contributed by atoms with Crippen LogP contribution in [0, 0.1) is 0 Å². The van der Waals surface area contributed by atoms with Crippen LogP contribution in [-0.2, 0) is 11.3 Å². The fraction of sp³-hybridized carbons (Fsp3) is 0.333. The fourth-order valence-corrected chi connectivity index (χ4v) is 1.97. The zero-order valence-corrected chi connectivity index (χ0v) is 11.3. The van der Waals surface area contributed by atoms with Crippen molar-refractivity contribution in [3.05, 3.63) is 45.8 Å². The van der Waals surface area contributed by atoms with E-state index in [9.17, 15) is 9.59 Å². The van der Waals surface area contributed by atoms with Gasteiger partial charge in [-0.2, -0.15) is 0 Å². The largest absolute Gasteiger partial charge is 0.423 e. The minimum atomic E-state index is -0.398. The highest BCUT2D eigenvalue weighted by molar-refractivity contribution is 5.82. The lowest BCUT2D eigenvalue weighted by Crippen LogP contribution is -2.20. The molecule has 0 unspecified atom stereocenters. The molecule has 1 N–H and O–H groups in total. The van der Waals surface area contributed by atoms with Gasteiger partial charge in [-0.05, 0) is 29.2 Å². The number of carbonyl (C=O) groups is 1. The van der Waals surface area contributed by atoms with E-state index < -0.39 is 5.63 Å². The van der Waals surface area contributed by atoms with Gasteiger partial charge in [0.1, 0.15) is 5.58 Å². The Morgan fingerprint density at radius 3 is 2.68 bits per heavy atom. The molecule has 1 aromatic carbocycles. The Hall–Kier alpha value is -2.10. The maximum atomic E-state index is 11.5. The maximum Gasteiger partial charge on any atom is 0.336 e. The van der Waals surface area contributed by atoms with Crippen molar-refractivity contribution >= 4 is 16.9 Å². The Morgan fingerprint density at radius 1 is 1.32 bits per heavy atom. The summed E-state index contributed by atoms with van der Waals surface area (Å²) in [6.07, 6.45) is 0. The van der Waals surface area contributed by atoms with Crippen LogP contribution in [0.2, 0.25) is 0 Å². The summed E-state index contributed by atoms with van der Waals surface area (Å²) in [6, 6.07) is 7.21. The van der Waals surface area contributed by atoms with Gasteiger partial charge in [-0.15, -0.1) is 0 Å². The van der Waals surface area contributed by atoms with Crippen LogP contribution < -0.4 is 10.9 Å². The molecule has 0 saturated heterocycles. The molecule has 0 radical (unpaired) electrons. The molecular formula is C15H17NO3. The van der Waals surface area contributed by atoms with Crippen LogP contribution in [0.15, 0.2) is 33.5 Å². The molecule has 0 atom stereocenters. The van der Waals surface area contributed by atoms with Crippen LogP contribution in [0.4, 0.5) is 0 Å². The zero-order valence-electron chi connectivity index (χ0n) is 11.3. The number of fused-ring (bicyclic) bond motifs is 1. The molecule has 100 valence electrons. The average Bonchev–Trinajstić information content (AvgIpc) is 2.35. The number of hydrogen-bond acceptors (Lipinski definition) is 3. The normalized spacial score (nSPS) is 10.9. The minimum absolute atomic E-state index is 0.124. The number of carbonyl (C=O) groups excluding carboxylic acids is 1. The predicted octanol–water partition coefficient (Wildman–Crippen LogP) is 2.55.